The molecule has 0 heterocycles. The molecule has 134 valence electrons. The van der Waals surface area contributed by atoms with Gasteiger partial charge in [-0.1, -0.05) is 47.5 Å². The molecule has 1 N–H and O–H groups in total. The first-order chi connectivity index (χ1) is 12.1. The SMILES string of the molecule is O=C(CS(=O)(=O)[O-])Nc1c(Cl)cc(Cl)c2c1C(=O)c1ccccc1C2=O. The van der Waals surface area contributed by atoms with E-state index in [1.54, 1.807) is 12.1 Å². The van der Waals surface area contributed by atoms with Crippen molar-refractivity contribution < 1.29 is 27.4 Å². The number of halogens is 2. The molecular formula is C16H8Cl2NO6S-. The fourth-order valence-electron chi connectivity index (χ4n) is 2.68. The number of hydrogen-bond donors (Lipinski definition) is 1. The van der Waals surface area contributed by atoms with Crippen molar-refractivity contribution in [3.63, 3.8) is 0 Å². The Bertz CT molecular complexity index is 1090. The second kappa shape index (κ2) is 6.48. The van der Waals surface area contributed by atoms with Gasteiger partial charge in [0.15, 0.2) is 11.6 Å². The molecule has 0 aromatic heterocycles. The van der Waals surface area contributed by atoms with Gasteiger partial charge in [0.25, 0.3) is 0 Å². The molecule has 3 rings (SSSR count). The smallest absolute Gasteiger partial charge is 0.238 e. The van der Waals surface area contributed by atoms with Crippen LogP contribution in [-0.2, 0) is 14.9 Å². The summed E-state index contributed by atoms with van der Waals surface area (Å²) in [5, 5.41) is 1.86. The van der Waals surface area contributed by atoms with Crippen LogP contribution in [0.4, 0.5) is 5.69 Å². The molecule has 0 fully saturated rings. The van der Waals surface area contributed by atoms with Crippen molar-refractivity contribution in [3.05, 3.63) is 62.6 Å². The van der Waals surface area contributed by atoms with Crippen LogP contribution in [-0.4, -0.2) is 36.2 Å². The Morgan fingerprint density at radius 2 is 1.54 bits per heavy atom. The quantitative estimate of drug-likeness (QED) is 0.658. The van der Waals surface area contributed by atoms with Crippen molar-refractivity contribution in [1.82, 2.24) is 0 Å². The monoisotopic (exact) mass is 412 g/mol. The number of nitrogens with one attached hydrogen (secondary N) is 1. The summed E-state index contributed by atoms with van der Waals surface area (Å²) >= 11 is 12.1. The Balaban J connectivity index is 2.19. The lowest BCUT2D eigenvalue weighted by molar-refractivity contribution is -0.114. The summed E-state index contributed by atoms with van der Waals surface area (Å²) in [5.41, 5.74) is -0.431. The second-order valence-electron chi connectivity index (χ2n) is 5.42. The minimum absolute atomic E-state index is 0.0905. The number of anilines is 1. The van der Waals surface area contributed by atoms with Gasteiger partial charge < -0.3 is 9.87 Å². The van der Waals surface area contributed by atoms with Crippen molar-refractivity contribution in [3.8, 4) is 0 Å². The van der Waals surface area contributed by atoms with Crippen molar-refractivity contribution in [2.45, 2.75) is 0 Å². The maximum atomic E-state index is 12.8. The summed E-state index contributed by atoms with van der Waals surface area (Å²) in [7, 11) is -4.84. The number of fused-ring (bicyclic) bond motifs is 2. The van der Waals surface area contributed by atoms with E-state index in [0.29, 0.717) is 0 Å². The van der Waals surface area contributed by atoms with E-state index < -0.39 is 33.3 Å². The topological polar surface area (TPSA) is 120 Å². The van der Waals surface area contributed by atoms with E-state index in [1.165, 1.54) is 12.1 Å². The zero-order valence-corrected chi connectivity index (χ0v) is 15.0. The van der Waals surface area contributed by atoms with E-state index in [4.69, 9.17) is 23.2 Å². The van der Waals surface area contributed by atoms with Crippen LogP contribution in [0.3, 0.4) is 0 Å². The van der Waals surface area contributed by atoms with Gasteiger partial charge in [-0.3, -0.25) is 14.4 Å². The van der Waals surface area contributed by atoms with Crippen molar-refractivity contribution in [2.75, 3.05) is 11.1 Å². The summed E-state index contributed by atoms with van der Waals surface area (Å²) in [5.74, 6) is -3.69. The minimum atomic E-state index is -4.84. The van der Waals surface area contributed by atoms with Crippen LogP contribution in [0.5, 0.6) is 0 Å². The predicted molar refractivity (Wildman–Crippen MR) is 93.0 cm³/mol. The molecular weight excluding hydrogens is 405 g/mol. The molecule has 0 radical (unpaired) electrons. The third kappa shape index (κ3) is 3.24. The predicted octanol–water partition coefficient (Wildman–Crippen LogP) is 2.25. The first-order valence-corrected chi connectivity index (χ1v) is 9.37. The Labute approximate surface area is 157 Å². The Morgan fingerprint density at radius 3 is 2.08 bits per heavy atom. The number of hydrogen-bond acceptors (Lipinski definition) is 6. The van der Waals surface area contributed by atoms with Gasteiger partial charge in [-0.15, -0.1) is 0 Å². The molecule has 10 heteroatoms. The van der Waals surface area contributed by atoms with Crippen LogP contribution in [0.25, 0.3) is 0 Å². The molecule has 2 aromatic rings. The van der Waals surface area contributed by atoms with E-state index >= 15 is 0 Å². The molecule has 0 saturated carbocycles. The van der Waals surface area contributed by atoms with E-state index in [-0.39, 0.29) is 38.0 Å². The lowest BCUT2D eigenvalue weighted by Gasteiger charge is -2.22. The largest absolute Gasteiger partial charge is 0.748 e. The van der Waals surface area contributed by atoms with Gasteiger partial charge in [0, 0.05) is 11.1 Å². The van der Waals surface area contributed by atoms with Gasteiger partial charge >= 0.3 is 0 Å². The van der Waals surface area contributed by atoms with Crippen LogP contribution in [0.2, 0.25) is 10.0 Å². The highest BCUT2D eigenvalue weighted by molar-refractivity contribution is 7.86. The van der Waals surface area contributed by atoms with Gasteiger partial charge in [-0.05, 0) is 6.07 Å². The van der Waals surface area contributed by atoms with Gasteiger partial charge in [0.05, 0.1) is 26.9 Å². The highest BCUT2D eigenvalue weighted by Crippen LogP contribution is 2.40. The summed E-state index contributed by atoms with van der Waals surface area (Å²) in [6.07, 6.45) is 0. The number of carbonyl (C=O) groups excluding carboxylic acids is 3. The standard InChI is InChI=1S/C16H9Cl2NO6S/c17-9-5-10(18)14(19-11(20)6-26(23,24)25)13-12(9)15(21)7-3-1-2-4-8(7)16(13)22/h1-5H,6H2,(H,19,20)(H,23,24,25)/p-1. The summed E-state index contributed by atoms with van der Waals surface area (Å²) < 4.78 is 32.2. The molecule has 0 saturated heterocycles. The van der Waals surface area contributed by atoms with Gasteiger partial charge in [0.1, 0.15) is 15.9 Å². The number of rotatable bonds is 3. The molecule has 7 nitrogen and oxygen atoms in total. The Hall–Kier alpha value is -2.26. The molecule has 0 aliphatic heterocycles. The van der Waals surface area contributed by atoms with Crippen molar-refractivity contribution in [1.29, 1.82) is 0 Å². The Kier molecular flexibility index (Phi) is 4.61. The van der Waals surface area contributed by atoms with E-state index in [0.717, 1.165) is 6.07 Å². The molecule has 0 unspecified atom stereocenters. The molecule has 0 spiro atoms. The highest BCUT2D eigenvalue weighted by Gasteiger charge is 2.35. The van der Waals surface area contributed by atoms with Gasteiger partial charge in [-0.25, -0.2) is 8.42 Å². The molecule has 0 atom stereocenters. The highest BCUT2D eigenvalue weighted by atomic mass is 35.5. The van der Waals surface area contributed by atoms with Gasteiger partial charge in [-0.2, -0.15) is 0 Å². The minimum Gasteiger partial charge on any atom is -0.748 e. The van der Waals surface area contributed by atoms with E-state index in [9.17, 15) is 27.4 Å². The third-order valence-electron chi connectivity index (χ3n) is 3.67. The number of amides is 1. The van der Waals surface area contributed by atoms with Crippen LogP contribution >= 0.6 is 23.2 Å². The maximum absolute atomic E-state index is 12.8. The average molecular weight is 413 g/mol. The normalized spacial score (nSPS) is 13.2. The molecule has 1 aliphatic rings. The van der Waals surface area contributed by atoms with Crippen molar-refractivity contribution in [2.24, 2.45) is 0 Å². The third-order valence-corrected chi connectivity index (χ3v) is 4.89. The van der Waals surface area contributed by atoms with Crippen LogP contribution in [0, 0.1) is 0 Å². The second-order valence-corrected chi connectivity index (χ2v) is 7.64. The lowest BCUT2D eigenvalue weighted by atomic mass is 9.83. The molecule has 2 aromatic carbocycles. The van der Waals surface area contributed by atoms with E-state index in [1.807, 2.05) is 0 Å². The number of ketones is 2. The molecule has 1 aliphatic carbocycles. The maximum Gasteiger partial charge on any atom is 0.238 e. The van der Waals surface area contributed by atoms with Crippen LogP contribution in [0.15, 0.2) is 30.3 Å². The summed E-state index contributed by atoms with van der Waals surface area (Å²) in [6.45, 7) is 0. The summed E-state index contributed by atoms with van der Waals surface area (Å²) in [6, 6.07) is 7.19. The Morgan fingerprint density at radius 1 is 1.00 bits per heavy atom. The first kappa shape index (κ1) is 18.5. The van der Waals surface area contributed by atoms with Crippen LogP contribution in [0.1, 0.15) is 31.8 Å². The molecule has 1 amide bonds. The van der Waals surface area contributed by atoms with Crippen LogP contribution < -0.4 is 5.32 Å². The average Bonchev–Trinajstić information content (AvgIpc) is 2.53. The molecule has 0 bridgehead atoms. The van der Waals surface area contributed by atoms with Crippen molar-refractivity contribution >= 4 is 56.5 Å². The number of benzene rings is 2. The zero-order valence-electron chi connectivity index (χ0n) is 12.7. The van der Waals surface area contributed by atoms with Gasteiger partial charge in [0.2, 0.25) is 5.91 Å². The fraction of sp³-hybridized carbons (Fsp3) is 0.0625. The lowest BCUT2D eigenvalue weighted by Crippen LogP contribution is -2.27. The molecule has 26 heavy (non-hydrogen) atoms. The summed E-state index contributed by atoms with van der Waals surface area (Å²) in [4.78, 5) is 37.4. The number of carbonyl (C=O) groups is 3. The zero-order chi connectivity index (χ0) is 19.2. The van der Waals surface area contributed by atoms with E-state index in [2.05, 4.69) is 5.32 Å². The first-order valence-electron chi connectivity index (χ1n) is 7.04. The fourth-order valence-corrected chi connectivity index (χ4v) is 3.66.